The maximum absolute atomic E-state index is 13.4. The van der Waals surface area contributed by atoms with Gasteiger partial charge in [-0.1, -0.05) is 60.4 Å². The Bertz CT molecular complexity index is 677. The molecule has 2 heteroatoms. The highest BCUT2D eigenvalue weighted by molar-refractivity contribution is 8.03. The van der Waals surface area contributed by atoms with Crippen LogP contribution in [0.2, 0.25) is 0 Å². The van der Waals surface area contributed by atoms with E-state index in [0.717, 1.165) is 45.8 Å². The minimum Gasteiger partial charge on any atom is -0.207 e. The third kappa shape index (κ3) is 8.16. The molecule has 1 aromatic carbocycles. The van der Waals surface area contributed by atoms with Gasteiger partial charge >= 0.3 is 0 Å². The number of thioether (sulfide) groups is 1. The molecule has 128 valence electrons. The predicted molar refractivity (Wildman–Crippen MR) is 107 cm³/mol. The first-order valence-corrected chi connectivity index (χ1v) is 8.88. The van der Waals surface area contributed by atoms with Crippen LogP contribution in [0.5, 0.6) is 0 Å². The molecule has 0 bridgehead atoms. The fraction of sp³-hybridized carbons (Fsp3) is 0.273. The van der Waals surface area contributed by atoms with Gasteiger partial charge in [0, 0.05) is 11.3 Å². The first-order valence-electron chi connectivity index (χ1n) is 8.06. The second kappa shape index (κ2) is 10.1. The van der Waals surface area contributed by atoms with E-state index in [2.05, 4.69) is 38.0 Å². The Morgan fingerprint density at radius 2 is 1.92 bits per heavy atom. The van der Waals surface area contributed by atoms with E-state index in [-0.39, 0.29) is 5.82 Å². The Kier molecular flexibility index (Phi) is 8.56. The summed E-state index contributed by atoms with van der Waals surface area (Å²) in [6, 6.07) is 4.85. The van der Waals surface area contributed by atoms with Crippen molar-refractivity contribution in [1.82, 2.24) is 0 Å². The molecule has 0 radical (unpaired) electrons. The molecule has 0 saturated heterocycles. The van der Waals surface area contributed by atoms with Crippen molar-refractivity contribution in [3.63, 3.8) is 0 Å². The van der Waals surface area contributed by atoms with Crippen LogP contribution in [0.1, 0.15) is 38.7 Å². The van der Waals surface area contributed by atoms with Gasteiger partial charge in [-0.05, 0) is 61.8 Å². The van der Waals surface area contributed by atoms with Gasteiger partial charge in [-0.2, -0.15) is 0 Å². The number of halogens is 1. The van der Waals surface area contributed by atoms with Gasteiger partial charge in [0.25, 0.3) is 0 Å². The Labute approximate surface area is 150 Å². The fourth-order valence-corrected chi connectivity index (χ4v) is 3.09. The van der Waals surface area contributed by atoms with Gasteiger partial charge in [0.1, 0.15) is 5.82 Å². The van der Waals surface area contributed by atoms with Crippen LogP contribution < -0.4 is 0 Å². The summed E-state index contributed by atoms with van der Waals surface area (Å²) in [5.74, 6) is -0.215. The van der Waals surface area contributed by atoms with E-state index in [1.807, 2.05) is 20.8 Å². The summed E-state index contributed by atoms with van der Waals surface area (Å²) in [6.07, 6.45) is 9.07. The predicted octanol–water partition coefficient (Wildman–Crippen LogP) is 7.55. The number of hydrogen-bond acceptors (Lipinski definition) is 1. The summed E-state index contributed by atoms with van der Waals surface area (Å²) in [5, 5.41) is 0. The molecule has 0 spiro atoms. The summed E-state index contributed by atoms with van der Waals surface area (Å²) >= 11 is 1.53. The normalized spacial score (nSPS) is 11.8. The van der Waals surface area contributed by atoms with Crippen LogP contribution in [0.15, 0.2) is 82.7 Å². The lowest BCUT2D eigenvalue weighted by Gasteiger charge is -2.09. The summed E-state index contributed by atoms with van der Waals surface area (Å²) < 4.78 is 13.4. The highest BCUT2D eigenvalue weighted by atomic mass is 32.2. The number of benzene rings is 1. The maximum atomic E-state index is 13.4. The Balaban J connectivity index is 2.75. The molecule has 24 heavy (non-hydrogen) atoms. The largest absolute Gasteiger partial charge is 0.207 e. The third-order valence-electron chi connectivity index (χ3n) is 3.31. The van der Waals surface area contributed by atoms with E-state index < -0.39 is 0 Å². The molecule has 1 rings (SSSR count). The molecule has 0 heterocycles. The Hall–Kier alpha value is -1.80. The van der Waals surface area contributed by atoms with Crippen molar-refractivity contribution >= 4 is 11.8 Å². The fourth-order valence-electron chi connectivity index (χ4n) is 2.14. The molecule has 0 N–H and O–H groups in total. The Morgan fingerprint density at radius 1 is 1.21 bits per heavy atom. The zero-order chi connectivity index (χ0) is 18.1. The lowest BCUT2D eigenvalue weighted by molar-refractivity contribution is 0.623. The number of aryl methyl sites for hydroxylation is 1. The van der Waals surface area contributed by atoms with Crippen molar-refractivity contribution in [2.24, 2.45) is 0 Å². The summed E-state index contributed by atoms with van der Waals surface area (Å²) in [6.45, 7) is 18.0. The van der Waals surface area contributed by atoms with Crippen LogP contribution in [-0.4, -0.2) is 0 Å². The molecule has 0 fully saturated rings. The van der Waals surface area contributed by atoms with Crippen molar-refractivity contribution in [2.45, 2.75) is 44.9 Å². The number of hydrogen-bond donors (Lipinski definition) is 0. The monoisotopic (exact) mass is 342 g/mol. The molecule has 0 saturated carbocycles. The van der Waals surface area contributed by atoms with E-state index in [4.69, 9.17) is 0 Å². The van der Waals surface area contributed by atoms with Crippen LogP contribution in [0.4, 0.5) is 4.39 Å². The lowest BCUT2D eigenvalue weighted by Crippen LogP contribution is -1.86. The van der Waals surface area contributed by atoms with Crippen LogP contribution in [0.25, 0.3) is 0 Å². The molecule has 0 aliphatic rings. The highest BCUT2D eigenvalue weighted by Gasteiger charge is 2.05. The smallest absolute Gasteiger partial charge is 0.124 e. The highest BCUT2D eigenvalue weighted by Crippen LogP contribution is 2.33. The zero-order valence-corrected chi connectivity index (χ0v) is 15.8. The second-order valence-electron chi connectivity index (χ2n) is 6.19. The van der Waals surface area contributed by atoms with Gasteiger partial charge in [0.2, 0.25) is 0 Å². The molecule has 0 atom stereocenters. The summed E-state index contributed by atoms with van der Waals surface area (Å²) in [7, 11) is 0. The molecule has 0 amide bonds. The van der Waals surface area contributed by atoms with Gasteiger partial charge in [-0.3, -0.25) is 0 Å². The SMILES string of the molecule is C=C(C)/C=C(\C=C/CCC(=C)C)CC(=C)Sc1cc(F)ccc1C. The van der Waals surface area contributed by atoms with Crippen LogP contribution in [0.3, 0.4) is 0 Å². The summed E-state index contributed by atoms with van der Waals surface area (Å²) in [4.78, 5) is 1.90. The van der Waals surface area contributed by atoms with E-state index in [9.17, 15) is 4.39 Å². The first-order chi connectivity index (χ1) is 11.3. The van der Waals surface area contributed by atoms with Gasteiger partial charge in [-0.25, -0.2) is 4.39 Å². The zero-order valence-electron chi connectivity index (χ0n) is 15.0. The third-order valence-corrected chi connectivity index (χ3v) is 4.40. The molecular formula is C22H27FS. The van der Waals surface area contributed by atoms with Crippen molar-refractivity contribution < 1.29 is 4.39 Å². The van der Waals surface area contributed by atoms with Gasteiger partial charge in [0.15, 0.2) is 0 Å². The molecule has 0 aliphatic heterocycles. The second-order valence-corrected chi connectivity index (χ2v) is 7.41. The topological polar surface area (TPSA) is 0 Å². The average molecular weight is 343 g/mol. The van der Waals surface area contributed by atoms with E-state index in [1.54, 1.807) is 12.1 Å². The molecule has 0 nitrogen and oxygen atoms in total. The standard InChI is InChI=1S/C22H27FS/c1-16(2)9-7-8-10-20(13-17(3)4)14-19(6)24-22-15-21(23)12-11-18(22)5/h8,10-13,15H,1,3,6-7,9,14H2,2,4-5H3/b10-8-,20-13+. The van der Waals surface area contributed by atoms with Crippen LogP contribution in [0, 0.1) is 12.7 Å². The molecule has 0 aromatic heterocycles. The molecular weight excluding hydrogens is 315 g/mol. The van der Waals surface area contributed by atoms with Crippen LogP contribution >= 0.6 is 11.8 Å². The van der Waals surface area contributed by atoms with Crippen molar-refractivity contribution in [1.29, 1.82) is 0 Å². The number of rotatable bonds is 9. The van der Waals surface area contributed by atoms with Crippen molar-refractivity contribution in [2.75, 3.05) is 0 Å². The van der Waals surface area contributed by atoms with E-state index in [0.29, 0.717) is 0 Å². The van der Waals surface area contributed by atoms with Gasteiger partial charge in [0.05, 0.1) is 0 Å². The maximum Gasteiger partial charge on any atom is 0.124 e. The van der Waals surface area contributed by atoms with Gasteiger partial charge in [-0.15, -0.1) is 6.58 Å². The number of allylic oxidation sites excluding steroid dienone is 7. The molecule has 1 aromatic rings. The minimum atomic E-state index is -0.215. The lowest BCUT2D eigenvalue weighted by atomic mass is 10.1. The van der Waals surface area contributed by atoms with E-state index >= 15 is 0 Å². The van der Waals surface area contributed by atoms with Crippen LogP contribution in [-0.2, 0) is 0 Å². The minimum absolute atomic E-state index is 0.215. The van der Waals surface area contributed by atoms with Crippen molar-refractivity contribution in [3.8, 4) is 0 Å². The molecule has 0 unspecified atom stereocenters. The first kappa shape index (κ1) is 20.2. The summed E-state index contributed by atoms with van der Waals surface area (Å²) in [5.41, 5.74) is 4.42. The van der Waals surface area contributed by atoms with Crippen molar-refractivity contribution in [3.05, 3.63) is 89.2 Å². The van der Waals surface area contributed by atoms with E-state index in [1.165, 1.54) is 23.4 Å². The Morgan fingerprint density at radius 3 is 2.54 bits per heavy atom. The quantitative estimate of drug-likeness (QED) is 0.254. The van der Waals surface area contributed by atoms with Gasteiger partial charge < -0.3 is 0 Å². The average Bonchev–Trinajstić information content (AvgIpc) is 2.46. The molecule has 0 aliphatic carbocycles.